The molecule has 2 aliphatic rings. The number of hydrogen-bond acceptors (Lipinski definition) is 3. The Balaban J connectivity index is 2.03. The lowest BCUT2D eigenvalue weighted by Crippen LogP contribution is -2.54. The van der Waals surface area contributed by atoms with Crippen molar-refractivity contribution in [3.8, 4) is 0 Å². The molecule has 4 heteroatoms. The third-order valence-electron chi connectivity index (χ3n) is 4.40. The van der Waals surface area contributed by atoms with Crippen molar-refractivity contribution >= 4 is 11.9 Å². The van der Waals surface area contributed by atoms with Gasteiger partial charge in [-0.1, -0.05) is 25.5 Å². The van der Waals surface area contributed by atoms with E-state index in [0.717, 1.165) is 19.3 Å². The number of amides is 1. The van der Waals surface area contributed by atoms with Gasteiger partial charge in [0.05, 0.1) is 7.11 Å². The van der Waals surface area contributed by atoms with Crippen LogP contribution in [0.25, 0.3) is 0 Å². The van der Waals surface area contributed by atoms with E-state index in [1.165, 1.54) is 7.11 Å². The first-order chi connectivity index (χ1) is 9.00. The largest absolute Gasteiger partial charge is 0.467 e. The molecule has 1 saturated carbocycles. The van der Waals surface area contributed by atoms with Crippen LogP contribution in [0.2, 0.25) is 0 Å². The van der Waals surface area contributed by atoms with Crippen molar-refractivity contribution in [2.24, 2.45) is 17.8 Å². The molecule has 106 valence electrons. The molecular formula is C15H23NO3. The molecule has 0 aliphatic heterocycles. The average molecular weight is 265 g/mol. The van der Waals surface area contributed by atoms with Gasteiger partial charge in [0.2, 0.25) is 5.91 Å². The van der Waals surface area contributed by atoms with Gasteiger partial charge < -0.3 is 10.1 Å². The number of methoxy groups -OCH3 is 1. The van der Waals surface area contributed by atoms with Crippen molar-refractivity contribution in [3.63, 3.8) is 0 Å². The first-order valence-electron chi connectivity index (χ1n) is 7.09. The highest BCUT2D eigenvalue weighted by Crippen LogP contribution is 2.43. The Morgan fingerprint density at radius 2 is 2.11 bits per heavy atom. The molecule has 4 atom stereocenters. The third kappa shape index (κ3) is 2.67. The van der Waals surface area contributed by atoms with Gasteiger partial charge in [-0.05, 0) is 38.0 Å². The van der Waals surface area contributed by atoms with E-state index in [9.17, 15) is 9.59 Å². The summed E-state index contributed by atoms with van der Waals surface area (Å²) in [7, 11) is 1.36. The Morgan fingerprint density at radius 1 is 1.37 bits per heavy atom. The third-order valence-corrected chi connectivity index (χ3v) is 4.40. The number of rotatable bonds is 5. The molecule has 2 bridgehead atoms. The first-order valence-corrected chi connectivity index (χ1v) is 7.09. The lowest BCUT2D eigenvalue weighted by atomic mass is 9.90. The molecule has 0 saturated heterocycles. The van der Waals surface area contributed by atoms with Crippen LogP contribution >= 0.6 is 0 Å². The Bertz CT molecular complexity index is 404. The van der Waals surface area contributed by atoms with Gasteiger partial charge in [-0.15, -0.1) is 0 Å². The van der Waals surface area contributed by atoms with E-state index in [2.05, 4.69) is 17.5 Å². The van der Waals surface area contributed by atoms with Gasteiger partial charge in [0.1, 0.15) is 5.54 Å². The zero-order valence-electron chi connectivity index (χ0n) is 11.9. The van der Waals surface area contributed by atoms with Crippen molar-refractivity contribution < 1.29 is 14.3 Å². The van der Waals surface area contributed by atoms with Crippen LogP contribution in [0.3, 0.4) is 0 Å². The summed E-state index contributed by atoms with van der Waals surface area (Å²) < 4.78 is 4.83. The van der Waals surface area contributed by atoms with Crippen LogP contribution in [0.4, 0.5) is 0 Å². The van der Waals surface area contributed by atoms with Crippen LogP contribution in [0.5, 0.6) is 0 Å². The highest BCUT2D eigenvalue weighted by Gasteiger charge is 2.43. The van der Waals surface area contributed by atoms with Gasteiger partial charge in [0.25, 0.3) is 0 Å². The molecule has 0 heterocycles. The maximum atomic E-state index is 12.4. The number of carbonyl (C=O) groups is 2. The molecule has 4 unspecified atom stereocenters. The summed E-state index contributed by atoms with van der Waals surface area (Å²) >= 11 is 0. The predicted molar refractivity (Wildman–Crippen MR) is 72.3 cm³/mol. The second-order valence-corrected chi connectivity index (χ2v) is 5.95. The highest BCUT2D eigenvalue weighted by molar-refractivity contribution is 5.89. The van der Waals surface area contributed by atoms with Crippen LogP contribution in [-0.2, 0) is 14.3 Å². The van der Waals surface area contributed by atoms with E-state index in [4.69, 9.17) is 4.74 Å². The smallest absolute Gasteiger partial charge is 0.331 e. The first kappa shape index (κ1) is 14.1. The lowest BCUT2D eigenvalue weighted by Gasteiger charge is -2.30. The number of allylic oxidation sites excluding steroid dienone is 2. The van der Waals surface area contributed by atoms with E-state index in [1.807, 2.05) is 6.92 Å². The summed E-state index contributed by atoms with van der Waals surface area (Å²) in [6.07, 6.45) is 7.77. The fraction of sp³-hybridized carbons (Fsp3) is 0.733. The van der Waals surface area contributed by atoms with Crippen molar-refractivity contribution in [3.05, 3.63) is 12.2 Å². The lowest BCUT2D eigenvalue weighted by molar-refractivity contribution is -0.151. The minimum Gasteiger partial charge on any atom is -0.467 e. The summed E-state index contributed by atoms with van der Waals surface area (Å²) in [6, 6.07) is 0. The molecule has 0 aromatic carbocycles. The van der Waals surface area contributed by atoms with Crippen LogP contribution in [0.15, 0.2) is 12.2 Å². The average Bonchev–Trinajstić information content (AvgIpc) is 3.00. The van der Waals surface area contributed by atoms with Crippen molar-refractivity contribution in [1.29, 1.82) is 0 Å². The molecule has 2 aliphatic carbocycles. The molecule has 1 fully saturated rings. The van der Waals surface area contributed by atoms with Crippen LogP contribution in [0.1, 0.15) is 39.5 Å². The fourth-order valence-electron chi connectivity index (χ4n) is 3.39. The number of ether oxygens (including phenoxy) is 1. The van der Waals surface area contributed by atoms with Gasteiger partial charge in [-0.25, -0.2) is 4.79 Å². The molecule has 19 heavy (non-hydrogen) atoms. The standard InChI is InChI=1S/C15H23NO3/c1-4-7-15(2,14(18)19-3)16-13(17)12-9-10-5-6-11(12)8-10/h5-6,10-12H,4,7-9H2,1-3H3,(H,16,17). The topological polar surface area (TPSA) is 55.4 Å². The minimum absolute atomic E-state index is 0.00167. The molecule has 1 amide bonds. The van der Waals surface area contributed by atoms with Gasteiger partial charge in [0, 0.05) is 5.92 Å². The van der Waals surface area contributed by atoms with Gasteiger partial charge >= 0.3 is 5.97 Å². The van der Waals surface area contributed by atoms with E-state index in [-0.39, 0.29) is 17.8 Å². The Labute approximate surface area is 114 Å². The fourth-order valence-corrected chi connectivity index (χ4v) is 3.39. The molecule has 1 N–H and O–H groups in total. The molecule has 0 radical (unpaired) electrons. The second kappa shape index (κ2) is 5.35. The van der Waals surface area contributed by atoms with Crippen LogP contribution in [0, 0.1) is 17.8 Å². The zero-order valence-corrected chi connectivity index (χ0v) is 11.9. The summed E-state index contributed by atoms with van der Waals surface area (Å²) in [5.41, 5.74) is -0.897. The van der Waals surface area contributed by atoms with Crippen LogP contribution in [-0.4, -0.2) is 24.5 Å². The zero-order chi connectivity index (χ0) is 14.0. The Morgan fingerprint density at radius 3 is 2.58 bits per heavy atom. The van der Waals surface area contributed by atoms with E-state index in [0.29, 0.717) is 18.3 Å². The SMILES string of the molecule is CCCC(C)(NC(=O)C1CC2C=CC1C2)C(=O)OC. The normalized spacial score (nSPS) is 31.0. The number of nitrogens with one attached hydrogen (secondary N) is 1. The van der Waals surface area contributed by atoms with Crippen molar-refractivity contribution in [1.82, 2.24) is 5.32 Å². The Hall–Kier alpha value is -1.32. The van der Waals surface area contributed by atoms with Gasteiger partial charge in [-0.3, -0.25) is 4.79 Å². The minimum atomic E-state index is -0.897. The quantitative estimate of drug-likeness (QED) is 0.611. The second-order valence-electron chi connectivity index (χ2n) is 5.95. The number of fused-ring (bicyclic) bond motifs is 2. The maximum Gasteiger partial charge on any atom is 0.331 e. The van der Waals surface area contributed by atoms with Gasteiger partial charge in [0.15, 0.2) is 0 Å². The summed E-state index contributed by atoms with van der Waals surface area (Å²) in [5, 5.41) is 2.92. The highest BCUT2D eigenvalue weighted by atomic mass is 16.5. The monoisotopic (exact) mass is 265 g/mol. The van der Waals surface area contributed by atoms with E-state index >= 15 is 0 Å². The van der Waals surface area contributed by atoms with Gasteiger partial charge in [-0.2, -0.15) is 0 Å². The molecule has 2 rings (SSSR count). The molecule has 0 aromatic rings. The number of esters is 1. The van der Waals surface area contributed by atoms with E-state index < -0.39 is 5.54 Å². The summed E-state index contributed by atoms with van der Waals surface area (Å²) in [5.74, 6) is 0.570. The van der Waals surface area contributed by atoms with Crippen molar-refractivity contribution in [2.45, 2.75) is 45.1 Å². The molecular weight excluding hydrogens is 242 g/mol. The number of hydrogen-bond donors (Lipinski definition) is 1. The summed E-state index contributed by atoms with van der Waals surface area (Å²) in [4.78, 5) is 24.3. The van der Waals surface area contributed by atoms with Crippen LogP contribution < -0.4 is 5.32 Å². The van der Waals surface area contributed by atoms with E-state index in [1.54, 1.807) is 6.92 Å². The summed E-state index contributed by atoms with van der Waals surface area (Å²) in [6.45, 7) is 3.75. The maximum absolute atomic E-state index is 12.4. The molecule has 0 spiro atoms. The Kier molecular flexibility index (Phi) is 3.97. The molecule has 4 nitrogen and oxygen atoms in total. The molecule has 0 aromatic heterocycles. The van der Waals surface area contributed by atoms with Crippen molar-refractivity contribution in [2.75, 3.05) is 7.11 Å². The number of carbonyl (C=O) groups excluding carboxylic acids is 2. The predicted octanol–water partition coefficient (Wildman–Crippen LogP) is 2.05.